The second-order valence-corrected chi connectivity index (χ2v) is 10.2. The van der Waals surface area contributed by atoms with Gasteiger partial charge in [0.2, 0.25) is 0 Å². The van der Waals surface area contributed by atoms with Crippen molar-refractivity contribution in [2.75, 3.05) is 10.2 Å². The topological polar surface area (TPSA) is 15.3 Å². The number of nitrogens with one attached hydrogen (secondary N) is 1. The van der Waals surface area contributed by atoms with Crippen LogP contribution in [0, 0.1) is 0 Å². The zero-order valence-corrected chi connectivity index (χ0v) is 21.4. The summed E-state index contributed by atoms with van der Waals surface area (Å²) in [5.41, 5.74) is 9.88. The van der Waals surface area contributed by atoms with Gasteiger partial charge in [-0.2, -0.15) is 0 Å². The number of allylic oxidation sites excluding steroid dienone is 2. The van der Waals surface area contributed by atoms with E-state index in [0.717, 1.165) is 0 Å². The van der Waals surface area contributed by atoms with Crippen LogP contribution in [0.1, 0.15) is 0 Å². The van der Waals surface area contributed by atoms with Gasteiger partial charge in [0.25, 0.3) is 0 Å². The van der Waals surface area contributed by atoms with Crippen molar-refractivity contribution >= 4 is 32.9 Å². The Morgan fingerprint density at radius 1 is 0.487 bits per heavy atom. The highest BCUT2D eigenvalue weighted by Crippen LogP contribution is 2.45. The van der Waals surface area contributed by atoms with Crippen LogP contribution in [-0.2, 0) is 0 Å². The number of benzene rings is 6. The largest absolute Gasteiger partial charge is 0.360 e. The molecule has 1 N–H and O–H groups in total. The van der Waals surface area contributed by atoms with Crippen molar-refractivity contribution in [1.29, 1.82) is 0 Å². The van der Waals surface area contributed by atoms with Gasteiger partial charge in [0, 0.05) is 6.20 Å². The number of nitrogens with zero attached hydrogens (tertiary/aromatic N) is 1. The maximum absolute atomic E-state index is 3.61. The van der Waals surface area contributed by atoms with Crippen molar-refractivity contribution in [3.05, 3.63) is 146 Å². The van der Waals surface area contributed by atoms with Crippen molar-refractivity contribution in [3.63, 3.8) is 0 Å². The molecule has 6 aromatic rings. The molecule has 0 spiro atoms. The highest BCUT2D eigenvalue weighted by atomic mass is 15.3. The lowest BCUT2D eigenvalue weighted by molar-refractivity contribution is 0.908. The second kappa shape index (κ2) is 8.75. The van der Waals surface area contributed by atoms with Crippen LogP contribution in [0.3, 0.4) is 0 Å². The van der Waals surface area contributed by atoms with Crippen LogP contribution in [0.5, 0.6) is 0 Å². The van der Waals surface area contributed by atoms with Gasteiger partial charge in [-0.3, -0.25) is 0 Å². The molecule has 8 rings (SSSR count). The van der Waals surface area contributed by atoms with Crippen LogP contribution >= 0.6 is 0 Å². The molecule has 0 aromatic heterocycles. The first-order valence-electron chi connectivity index (χ1n) is 13.5. The van der Waals surface area contributed by atoms with Gasteiger partial charge < -0.3 is 10.2 Å². The van der Waals surface area contributed by atoms with Crippen molar-refractivity contribution in [2.45, 2.75) is 6.17 Å². The SMILES string of the molecule is C1=CC2Nc3ccc(-c4ccc5c(-c6ccccc6)c6ccccc6c(-c6ccccc6)c5c4)cc3N2C=C1. The molecule has 2 aliphatic heterocycles. The molecule has 6 aromatic carbocycles. The molecule has 184 valence electrons. The first-order valence-corrected chi connectivity index (χ1v) is 13.5. The maximum Gasteiger partial charge on any atom is 0.123 e. The molecule has 0 saturated heterocycles. The van der Waals surface area contributed by atoms with Gasteiger partial charge in [-0.1, -0.05) is 109 Å². The van der Waals surface area contributed by atoms with E-state index in [1.807, 2.05) is 0 Å². The Hall–Kier alpha value is -5.08. The third-order valence-electron chi connectivity index (χ3n) is 8.01. The Morgan fingerprint density at radius 2 is 1.08 bits per heavy atom. The van der Waals surface area contributed by atoms with Gasteiger partial charge in [0.05, 0.1) is 11.4 Å². The van der Waals surface area contributed by atoms with Crippen LogP contribution in [0.4, 0.5) is 11.4 Å². The predicted molar refractivity (Wildman–Crippen MR) is 166 cm³/mol. The molecule has 1 unspecified atom stereocenters. The van der Waals surface area contributed by atoms with Crippen molar-refractivity contribution in [3.8, 4) is 33.4 Å². The molecule has 0 bridgehead atoms. The molecule has 0 radical (unpaired) electrons. The summed E-state index contributed by atoms with van der Waals surface area (Å²) >= 11 is 0. The number of hydrogen-bond acceptors (Lipinski definition) is 2. The highest BCUT2D eigenvalue weighted by Gasteiger charge is 2.26. The van der Waals surface area contributed by atoms with Gasteiger partial charge >= 0.3 is 0 Å². The van der Waals surface area contributed by atoms with E-state index in [2.05, 4.69) is 156 Å². The second-order valence-electron chi connectivity index (χ2n) is 10.2. The molecule has 39 heavy (non-hydrogen) atoms. The van der Waals surface area contributed by atoms with Gasteiger partial charge in [-0.05, 0) is 85.3 Å². The lowest BCUT2D eigenvalue weighted by Crippen LogP contribution is -2.30. The van der Waals surface area contributed by atoms with Crippen LogP contribution in [-0.4, -0.2) is 6.17 Å². The molecule has 0 fully saturated rings. The summed E-state index contributed by atoms with van der Waals surface area (Å²) in [5, 5.41) is 8.71. The molecule has 1 atom stereocenters. The normalized spacial score (nSPS) is 15.4. The average molecular weight is 499 g/mol. The lowest BCUT2D eigenvalue weighted by atomic mass is 9.85. The summed E-state index contributed by atoms with van der Waals surface area (Å²) in [6, 6.07) is 44.2. The minimum absolute atomic E-state index is 0.182. The van der Waals surface area contributed by atoms with Crippen molar-refractivity contribution in [1.82, 2.24) is 0 Å². The molecule has 2 nitrogen and oxygen atoms in total. The fourth-order valence-corrected chi connectivity index (χ4v) is 6.24. The summed E-state index contributed by atoms with van der Waals surface area (Å²) in [4.78, 5) is 2.30. The van der Waals surface area contributed by atoms with Gasteiger partial charge in [-0.15, -0.1) is 0 Å². The van der Waals surface area contributed by atoms with Gasteiger partial charge in [0.1, 0.15) is 6.17 Å². The Bertz CT molecular complexity index is 1930. The summed E-state index contributed by atoms with van der Waals surface area (Å²) in [6.07, 6.45) is 8.72. The third-order valence-corrected chi connectivity index (χ3v) is 8.01. The van der Waals surface area contributed by atoms with Crippen molar-refractivity contribution < 1.29 is 0 Å². The molecule has 2 heteroatoms. The fraction of sp³-hybridized carbons (Fsp3) is 0.0270. The first-order chi connectivity index (χ1) is 19.3. The average Bonchev–Trinajstić information content (AvgIpc) is 3.38. The summed E-state index contributed by atoms with van der Waals surface area (Å²) in [7, 11) is 0. The van der Waals surface area contributed by atoms with Crippen LogP contribution in [0.25, 0.3) is 54.9 Å². The molecular weight excluding hydrogens is 472 g/mol. The van der Waals surface area contributed by atoms with Gasteiger partial charge in [-0.25, -0.2) is 0 Å². The Kier molecular flexibility index (Phi) is 4.92. The van der Waals surface area contributed by atoms with E-state index >= 15 is 0 Å². The Balaban J connectivity index is 1.41. The quantitative estimate of drug-likeness (QED) is 0.244. The van der Waals surface area contributed by atoms with Crippen LogP contribution < -0.4 is 10.2 Å². The fourth-order valence-electron chi connectivity index (χ4n) is 6.24. The number of hydrogen-bond donors (Lipinski definition) is 1. The van der Waals surface area contributed by atoms with Crippen LogP contribution in [0.2, 0.25) is 0 Å². The van der Waals surface area contributed by atoms with E-state index in [0.29, 0.717) is 0 Å². The van der Waals surface area contributed by atoms with Crippen LogP contribution in [0.15, 0.2) is 146 Å². The zero-order valence-electron chi connectivity index (χ0n) is 21.4. The van der Waals surface area contributed by atoms with E-state index in [-0.39, 0.29) is 6.17 Å². The highest BCUT2D eigenvalue weighted by molar-refractivity contribution is 6.22. The number of anilines is 2. The molecule has 2 aliphatic rings. The lowest BCUT2D eigenvalue weighted by Gasteiger charge is -2.22. The third kappa shape index (κ3) is 3.49. The summed E-state index contributed by atoms with van der Waals surface area (Å²) < 4.78 is 0. The van der Waals surface area contributed by atoms with E-state index < -0.39 is 0 Å². The minimum atomic E-state index is 0.182. The smallest absolute Gasteiger partial charge is 0.123 e. The summed E-state index contributed by atoms with van der Waals surface area (Å²) in [6.45, 7) is 0. The predicted octanol–water partition coefficient (Wildman–Crippen LogP) is 9.64. The summed E-state index contributed by atoms with van der Waals surface area (Å²) in [5.74, 6) is 0. The Morgan fingerprint density at radius 3 is 1.79 bits per heavy atom. The first kappa shape index (κ1) is 22.0. The van der Waals surface area contributed by atoms with E-state index in [4.69, 9.17) is 0 Å². The monoisotopic (exact) mass is 498 g/mol. The molecule has 0 aliphatic carbocycles. The van der Waals surface area contributed by atoms with Crippen molar-refractivity contribution in [2.24, 2.45) is 0 Å². The number of fused-ring (bicyclic) bond motifs is 5. The standard InChI is InChI=1S/C37H26N2/c1-3-11-25(12-4-1)36-29-15-7-8-16-30(29)37(26-13-5-2-6-14-26)32-23-27(18-20-31(32)36)28-19-21-33-34(24-28)39-22-10-9-17-35(39)38-33/h1-24,35,38H. The zero-order chi connectivity index (χ0) is 25.8. The van der Waals surface area contributed by atoms with E-state index in [1.165, 1.54) is 66.3 Å². The molecular formula is C37H26N2. The van der Waals surface area contributed by atoms with E-state index in [1.54, 1.807) is 0 Å². The number of rotatable bonds is 3. The van der Waals surface area contributed by atoms with Gasteiger partial charge in [0.15, 0.2) is 0 Å². The Labute approximate surface area is 228 Å². The van der Waals surface area contributed by atoms with E-state index in [9.17, 15) is 0 Å². The minimum Gasteiger partial charge on any atom is -0.360 e. The molecule has 2 heterocycles. The maximum atomic E-state index is 3.61. The molecule has 0 saturated carbocycles. The molecule has 0 amide bonds.